The van der Waals surface area contributed by atoms with E-state index in [1.165, 1.54) is 6.08 Å². The molecule has 3 heteroatoms. The van der Waals surface area contributed by atoms with Crippen LogP contribution in [0.5, 0.6) is 0 Å². The Labute approximate surface area is 48.0 Å². The summed E-state index contributed by atoms with van der Waals surface area (Å²) in [5.74, 6) is 0. The Hall–Kier alpha value is -0.270. The molecule has 0 saturated heterocycles. The van der Waals surface area contributed by atoms with Gasteiger partial charge in [0.25, 0.3) is 0 Å². The highest BCUT2D eigenvalue weighted by atomic mass is 32.1. The summed E-state index contributed by atoms with van der Waals surface area (Å²) in [5, 5.41) is 0.168. The van der Waals surface area contributed by atoms with Crippen LogP contribution in [0.2, 0.25) is 0 Å². The second-order valence-electron chi connectivity index (χ2n) is 1.28. The van der Waals surface area contributed by atoms with Gasteiger partial charge in [0.2, 0.25) is 6.08 Å². The van der Waals surface area contributed by atoms with E-state index < -0.39 is 0 Å². The Balaban J connectivity index is 3.13. The average molecular weight is 117 g/mol. The van der Waals surface area contributed by atoms with Gasteiger partial charge in [-0.1, -0.05) is 6.92 Å². The van der Waals surface area contributed by atoms with Crippen LogP contribution in [0.1, 0.15) is 6.92 Å². The summed E-state index contributed by atoms with van der Waals surface area (Å²) in [5.41, 5.74) is 0. The van der Waals surface area contributed by atoms with E-state index in [1.807, 2.05) is 6.92 Å². The summed E-state index contributed by atoms with van der Waals surface area (Å²) < 4.78 is 0. The van der Waals surface area contributed by atoms with Crippen LogP contribution in [0.4, 0.5) is 0 Å². The zero-order valence-corrected chi connectivity index (χ0v) is 4.98. The lowest BCUT2D eigenvalue weighted by atomic mass is 10.5. The van der Waals surface area contributed by atoms with Gasteiger partial charge in [0.05, 0.1) is 6.54 Å². The van der Waals surface area contributed by atoms with Crippen molar-refractivity contribution in [3.63, 3.8) is 0 Å². The fourth-order valence-corrected chi connectivity index (χ4v) is 0.251. The molecular formula is C4H7NOS. The molecule has 40 valence electrons. The van der Waals surface area contributed by atoms with Crippen molar-refractivity contribution in [1.29, 1.82) is 0 Å². The van der Waals surface area contributed by atoms with Gasteiger partial charge in [-0.05, 0) is 0 Å². The zero-order chi connectivity index (χ0) is 5.70. The summed E-state index contributed by atoms with van der Waals surface area (Å²) in [7, 11) is 0. The third kappa shape index (κ3) is 5.73. The maximum absolute atomic E-state index is 9.38. The van der Waals surface area contributed by atoms with E-state index >= 15 is 0 Å². The minimum atomic E-state index is 0.168. The lowest BCUT2D eigenvalue weighted by Gasteiger charge is -1.90. The molecule has 0 saturated carbocycles. The molecule has 0 aromatic carbocycles. The maximum Gasteiger partial charge on any atom is 0.234 e. The van der Waals surface area contributed by atoms with Crippen LogP contribution < -0.4 is 0 Å². The summed E-state index contributed by atoms with van der Waals surface area (Å²) >= 11 is 3.96. The molecule has 0 spiro atoms. The predicted molar refractivity (Wildman–Crippen MR) is 31.4 cm³/mol. The van der Waals surface area contributed by atoms with Crippen molar-refractivity contribution in [1.82, 2.24) is 0 Å². The zero-order valence-electron chi connectivity index (χ0n) is 4.09. The Morgan fingerprint density at radius 3 is 2.71 bits per heavy atom. The SMILES string of the molecule is CC(S)CN=C=O. The molecule has 0 fully saturated rings. The first kappa shape index (κ1) is 6.73. The smallest absolute Gasteiger partial charge is 0.211 e. The van der Waals surface area contributed by atoms with Crippen molar-refractivity contribution in [3.05, 3.63) is 0 Å². The molecule has 0 amide bonds. The number of hydrogen-bond donors (Lipinski definition) is 1. The van der Waals surface area contributed by atoms with E-state index in [0.717, 1.165) is 0 Å². The molecule has 1 atom stereocenters. The Kier molecular flexibility index (Phi) is 3.75. The fraction of sp³-hybridized carbons (Fsp3) is 0.750. The second kappa shape index (κ2) is 3.90. The molecule has 0 aromatic rings. The largest absolute Gasteiger partial charge is 0.234 e. The van der Waals surface area contributed by atoms with E-state index in [0.29, 0.717) is 6.54 Å². The van der Waals surface area contributed by atoms with E-state index in [2.05, 4.69) is 17.6 Å². The molecule has 0 aromatic heterocycles. The highest BCUT2D eigenvalue weighted by Crippen LogP contribution is 1.89. The first-order valence-electron chi connectivity index (χ1n) is 1.99. The van der Waals surface area contributed by atoms with Crippen molar-refractivity contribution in [2.24, 2.45) is 4.99 Å². The van der Waals surface area contributed by atoms with E-state index in [9.17, 15) is 4.79 Å². The molecule has 0 bridgehead atoms. The number of hydrogen-bond acceptors (Lipinski definition) is 3. The van der Waals surface area contributed by atoms with Gasteiger partial charge in [-0.25, -0.2) is 9.79 Å². The molecule has 0 aliphatic rings. The highest BCUT2D eigenvalue weighted by molar-refractivity contribution is 7.80. The monoisotopic (exact) mass is 117 g/mol. The van der Waals surface area contributed by atoms with Crippen LogP contribution in [-0.4, -0.2) is 17.9 Å². The summed E-state index contributed by atoms with van der Waals surface area (Å²) in [6.07, 6.45) is 1.43. The lowest BCUT2D eigenvalue weighted by molar-refractivity contribution is 0.563. The molecule has 0 aliphatic carbocycles. The predicted octanol–water partition coefficient (Wildman–Crippen LogP) is 0.640. The van der Waals surface area contributed by atoms with Crippen LogP contribution in [0.25, 0.3) is 0 Å². The van der Waals surface area contributed by atoms with Crippen LogP contribution >= 0.6 is 12.6 Å². The first-order chi connectivity index (χ1) is 3.27. The van der Waals surface area contributed by atoms with Gasteiger partial charge < -0.3 is 0 Å². The molecular weight excluding hydrogens is 110 g/mol. The average Bonchev–Trinajstić information content (AvgIpc) is 1.61. The van der Waals surface area contributed by atoms with E-state index in [4.69, 9.17) is 0 Å². The molecule has 0 radical (unpaired) electrons. The van der Waals surface area contributed by atoms with Gasteiger partial charge in [0, 0.05) is 5.25 Å². The number of carbonyl (C=O) groups excluding carboxylic acids is 1. The fourth-order valence-electron chi connectivity index (χ4n) is 0.169. The topological polar surface area (TPSA) is 29.4 Å². The standard InChI is InChI=1S/C4H7NOS/c1-4(7)2-5-3-6/h4,7H,2H2,1H3. The molecule has 2 nitrogen and oxygen atoms in total. The van der Waals surface area contributed by atoms with Crippen LogP contribution in [-0.2, 0) is 4.79 Å². The van der Waals surface area contributed by atoms with Gasteiger partial charge in [-0.2, -0.15) is 12.6 Å². The Morgan fingerprint density at radius 1 is 2.00 bits per heavy atom. The summed E-state index contributed by atoms with van der Waals surface area (Å²) in [6.45, 7) is 2.33. The Morgan fingerprint density at radius 2 is 2.57 bits per heavy atom. The third-order valence-electron chi connectivity index (χ3n) is 0.420. The first-order valence-corrected chi connectivity index (χ1v) is 2.50. The molecule has 1 unspecified atom stereocenters. The lowest BCUT2D eigenvalue weighted by Crippen LogP contribution is -1.93. The molecule has 7 heavy (non-hydrogen) atoms. The third-order valence-corrected chi connectivity index (χ3v) is 0.583. The van der Waals surface area contributed by atoms with E-state index in [1.54, 1.807) is 0 Å². The second-order valence-corrected chi connectivity index (χ2v) is 2.16. The highest BCUT2D eigenvalue weighted by Gasteiger charge is 1.86. The van der Waals surface area contributed by atoms with Crippen molar-refractivity contribution in [3.8, 4) is 0 Å². The van der Waals surface area contributed by atoms with Gasteiger partial charge in [0.1, 0.15) is 0 Å². The van der Waals surface area contributed by atoms with Gasteiger partial charge in [-0.3, -0.25) is 0 Å². The quantitative estimate of drug-likeness (QED) is 0.321. The normalized spacial score (nSPS) is 12.3. The Bertz CT molecular complexity index is 85.7. The number of isocyanates is 1. The van der Waals surface area contributed by atoms with Gasteiger partial charge >= 0.3 is 0 Å². The summed E-state index contributed by atoms with van der Waals surface area (Å²) in [4.78, 5) is 12.7. The summed E-state index contributed by atoms with van der Waals surface area (Å²) in [6, 6.07) is 0. The molecule has 0 heterocycles. The van der Waals surface area contributed by atoms with E-state index in [-0.39, 0.29) is 5.25 Å². The molecule has 0 aliphatic heterocycles. The van der Waals surface area contributed by atoms with Crippen LogP contribution in [0.3, 0.4) is 0 Å². The van der Waals surface area contributed by atoms with Crippen molar-refractivity contribution in [2.75, 3.05) is 6.54 Å². The van der Waals surface area contributed by atoms with Crippen LogP contribution in [0, 0.1) is 0 Å². The van der Waals surface area contributed by atoms with Gasteiger partial charge in [0.15, 0.2) is 0 Å². The van der Waals surface area contributed by atoms with Crippen molar-refractivity contribution >= 4 is 18.7 Å². The van der Waals surface area contributed by atoms with Crippen molar-refractivity contribution in [2.45, 2.75) is 12.2 Å². The van der Waals surface area contributed by atoms with Crippen molar-refractivity contribution < 1.29 is 4.79 Å². The molecule has 0 rings (SSSR count). The van der Waals surface area contributed by atoms with Gasteiger partial charge in [-0.15, -0.1) is 0 Å². The number of rotatable bonds is 2. The number of nitrogens with zero attached hydrogens (tertiary/aromatic N) is 1. The number of aliphatic imine (C=N–C) groups is 1. The number of thiol groups is 1. The molecule has 0 N–H and O–H groups in total. The minimum absolute atomic E-state index is 0.168. The van der Waals surface area contributed by atoms with Crippen LogP contribution in [0.15, 0.2) is 4.99 Å². The minimum Gasteiger partial charge on any atom is -0.211 e. The maximum atomic E-state index is 9.38.